The number of nitrogens with zero attached hydrogens (tertiary/aromatic N) is 5. The molecule has 5 heterocycles. The van der Waals surface area contributed by atoms with Crippen LogP contribution < -0.4 is 5.32 Å². The molecule has 2 bridgehead atoms. The van der Waals surface area contributed by atoms with Gasteiger partial charge in [0, 0.05) is 72.0 Å². The van der Waals surface area contributed by atoms with Crippen LogP contribution in [0.2, 0.25) is 0 Å². The minimum atomic E-state index is -0.487. The van der Waals surface area contributed by atoms with Crippen molar-refractivity contribution in [1.82, 2.24) is 29.4 Å². The molecule has 7 rings (SSSR count). The van der Waals surface area contributed by atoms with E-state index < -0.39 is 6.04 Å². The Kier molecular flexibility index (Phi) is 7.56. The van der Waals surface area contributed by atoms with Crippen LogP contribution in [0.5, 0.6) is 0 Å². The van der Waals surface area contributed by atoms with E-state index in [2.05, 4.69) is 28.4 Å². The second-order valence-corrected chi connectivity index (χ2v) is 13.9. The molecule has 46 heavy (non-hydrogen) atoms. The zero-order valence-electron chi connectivity index (χ0n) is 27.1. The molecule has 1 saturated heterocycles. The third-order valence-corrected chi connectivity index (χ3v) is 10.5. The maximum absolute atomic E-state index is 14.2. The lowest BCUT2D eigenvalue weighted by atomic mass is 9.94. The number of aryl methyl sites for hydroxylation is 2. The summed E-state index contributed by atoms with van der Waals surface area (Å²) in [6, 6.07) is 5.56. The van der Waals surface area contributed by atoms with E-state index in [4.69, 9.17) is 0 Å². The van der Waals surface area contributed by atoms with Gasteiger partial charge in [0.1, 0.15) is 6.54 Å². The fraction of sp³-hybridized carbons (Fsp3) is 0.500. The summed E-state index contributed by atoms with van der Waals surface area (Å²) in [6.07, 6.45) is 11.4. The Morgan fingerprint density at radius 1 is 1.09 bits per heavy atom. The minimum Gasteiger partial charge on any atom is -0.355 e. The van der Waals surface area contributed by atoms with Gasteiger partial charge < -0.3 is 14.8 Å². The third-order valence-electron chi connectivity index (χ3n) is 10.5. The van der Waals surface area contributed by atoms with Gasteiger partial charge in [0.15, 0.2) is 17.2 Å². The Balaban J connectivity index is 1.33. The number of fused-ring (bicyclic) bond motifs is 1. The average molecular weight is 623 g/mol. The molecule has 2 aliphatic heterocycles. The molecular formula is C36H42N6O4. The topological polar surface area (TPSA) is 119 Å². The lowest BCUT2D eigenvalue weighted by molar-refractivity contribution is -0.139. The molecule has 4 aromatic rings. The molecule has 10 heteroatoms. The van der Waals surface area contributed by atoms with Crippen LogP contribution in [-0.4, -0.2) is 66.1 Å². The Bertz CT molecular complexity index is 1900. The lowest BCUT2D eigenvalue weighted by Gasteiger charge is -2.27. The first-order valence-electron chi connectivity index (χ1n) is 16.7. The van der Waals surface area contributed by atoms with Crippen molar-refractivity contribution in [3.05, 3.63) is 53.6 Å². The number of benzene rings is 1. The highest BCUT2D eigenvalue weighted by Gasteiger charge is 2.66. The van der Waals surface area contributed by atoms with Crippen LogP contribution in [-0.2, 0) is 27.3 Å². The molecule has 1 aliphatic carbocycles. The molecule has 2 amide bonds. The second kappa shape index (κ2) is 11.5. The van der Waals surface area contributed by atoms with Crippen LogP contribution >= 0.6 is 0 Å². The van der Waals surface area contributed by atoms with Gasteiger partial charge >= 0.3 is 0 Å². The molecule has 10 nitrogen and oxygen atoms in total. The van der Waals surface area contributed by atoms with Crippen molar-refractivity contribution in [3.63, 3.8) is 0 Å². The smallest absolute Gasteiger partial charge is 0.243 e. The monoisotopic (exact) mass is 622 g/mol. The van der Waals surface area contributed by atoms with Crippen molar-refractivity contribution in [2.24, 2.45) is 11.3 Å². The molecule has 1 saturated carbocycles. The van der Waals surface area contributed by atoms with Crippen molar-refractivity contribution < 1.29 is 19.2 Å². The molecule has 1 aromatic carbocycles. The van der Waals surface area contributed by atoms with Crippen molar-refractivity contribution in [2.75, 3.05) is 6.54 Å². The lowest BCUT2D eigenvalue weighted by Crippen LogP contribution is -2.44. The van der Waals surface area contributed by atoms with Crippen molar-refractivity contribution in [1.29, 1.82) is 0 Å². The van der Waals surface area contributed by atoms with Crippen LogP contribution in [0.25, 0.3) is 27.7 Å². The van der Waals surface area contributed by atoms with E-state index in [1.807, 2.05) is 49.1 Å². The quantitative estimate of drug-likeness (QED) is 0.318. The summed E-state index contributed by atoms with van der Waals surface area (Å²) < 4.78 is 3.71. The molecule has 3 aromatic heterocycles. The van der Waals surface area contributed by atoms with E-state index >= 15 is 0 Å². The molecule has 4 atom stereocenters. The van der Waals surface area contributed by atoms with Crippen LogP contribution in [0.3, 0.4) is 0 Å². The standard InChI is InChI=1S/C36H42N6O4/c1-5-30(44)29-14-36-15-31(36)42(29)34(46)19-40-18-28(23(4)43)27-13-25(26-16-37-32-11-22(3)39-41(32)17-26)12-24(35(27)40)9-7-6-8-21(2)10-33(45)38-20-36/h11-13,16-18,21,29,31H,5-10,14-15,19-20H2,1-4H3,(H,38,45)/t21-,29-,31+,36-/m0/s1. The van der Waals surface area contributed by atoms with Crippen LogP contribution in [0.15, 0.2) is 36.8 Å². The van der Waals surface area contributed by atoms with E-state index in [9.17, 15) is 19.2 Å². The number of carbonyl (C=O) groups excluding carboxylic acids is 4. The van der Waals surface area contributed by atoms with Crippen LogP contribution in [0.4, 0.5) is 0 Å². The number of piperidine rings is 1. The molecular weight excluding hydrogens is 580 g/mol. The van der Waals surface area contributed by atoms with Gasteiger partial charge in [0.2, 0.25) is 11.8 Å². The number of carbonyl (C=O) groups is 4. The Morgan fingerprint density at radius 3 is 2.70 bits per heavy atom. The minimum absolute atomic E-state index is 0.0413. The third kappa shape index (κ3) is 5.31. The van der Waals surface area contributed by atoms with Crippen molar-refractivity contribution in [2.45, 2.75) is 97.7 Å². The van der Waals surface area contributed by atoms with Gasteiger partial charge in [-0.15, -0.1) is 0 Å². The van der Waals surface area contributed by atoms with E-state index in [1.54, 1.807) is 16.3 Å². The van der Waals surface area contributed by atoms with Gasteiger partial charge in [-0.2, -0.15) is 5.10 Å². The summed E-state index contributed by atoms with van der Waals surface area (Å²) in [6.45, 7) is 8.00. The van der Waals surface area contributed by atoms with E-state index in [0.29, 0.717) is 31.4 Å². The van der Waals surface area contributed by atoms with Gasteiger partial charge in [0.25, 0.3) is 0 Å². The highest BCUT2D eigenvalue weighted by molar-refractivity contribution is 6.09. The number of amides is 2. The fourth-order valence-corrected chi connectivity index (χ4v) is 7.99. The molecule has 0 spiro atoms. The van der Waals surface area contributed by atoms with Gasteiger partial charge in [-0.3, -0.25) is 19.2 Å². The zero-order valence-corrected chi connectivity index (χ0v) is 27.1. The largest absolute Gasteiger partial charge is 0.355 e. The maximum Gasteiger partial charge on any atom is 0.243 e. The Labute approximate surface area is 268 Å². The van der Waals surface area contributed by atoms with E-state index in [-0.39, 0.29) is 47.3 Å². The molecule has 240 valence electrons. The number of aromatic nitrogens is 4. The molecule has 1 N–H and O–H groups in total. The van der Waals surface area contributed by atoms with Crippen LogP contribution in [0, 0.1) is 18.3 Å². The molecule has 2 fully saturated rings. The van der Waals surface area contributed by atoms with Gasteiger partial charge in [-0.1, -0.05) is 26.7 Å². The number of hydrogen-bond acceptors (Lipinski definition) is 6. The summed E-state index contributed by atoms with van der Waals surface area (Å²) in [4.78, 5) is 59.7. The highest BCUT2D eigenvalue weighted by atomic mass is 16.2. The van der Waals surface area contributed by atoms with E-state index in [1.165, 1.54) is 0 Å². The average Bonchev–Trinajstić information content (AvgIpc) is 3.27. The predicted molar refractivity (Wildman–Crippen MR) is 174 cm³/mol. The zero-order chi connectivity index (χ0) is 32.3. The summed E-state index contributed by atoms with van der Waals surface area (Å²) in [5.74, 6) is 0.156. The fourth-order valence-electron chi connectivity index (χ4n) is 7.99. The normalized spacial score (nSPS) is 25.4. The van der Waals surface area contributed by atoms with Gasteiger partial charge in [-0.05, 0) is 68.7 Å². The van der Waals surface area contributed by atoms with Crippen molar-refractivity contribution in [3.8, 4) is 11.1 Å². The van der Waals surface area contributed by atoms with Gasteiger partial charge in [-0.25, -0.2) is 9.50 Å². The number of ketones is 2. The SMILES string of the molecule is CCC(=O)[C@@H]1C[C@]23CNC(=O)C[C@@H](C)CCCCc4cc(-c5cnc6cc(C)nn6c5)cc5c(C(C)=O)cn(c45)CC(=O)N1[C@@H]2C3. The van der Waals surface area contributed by atoms with E-state index in [0.717, 1.165) is 71.0 Å². The first-order chi connectivity index (χ1) is 22.1. The predicted octanol–water partition coefficient (Wildman–Crippen LogP) is 5.07. The molecule has 3 aliphatic rings. The summed E-state index contributed by atoms with van der Waals surface area (Å²) >= 11 is 0. The first-order valence-corrected chi connectivity index (χ1v) is 16.7. The maximum atomic E-state index is 14.2. The number of Topliss-reactive ketones (excluding diaryl/α,β-unsaturated/α-hetero) is 2. The Hall–Kier alpha value is -4.34. The molecule has 0 radical (unpaired) electrons. The number of hydrogen-bond donors (Lipinski definition) is 1. The highest BCUT2D eigenvalue weighted by Crippen LogP contribution is 2.59. The Morgan fingerprint density at radius 2 is 1.91 bits per heavy atom. The number of nitrogens with one attached hydrogen (secondary N) is 1. The second-order valence-electron chi connectivity index (χ2n) is 13.9. The first kappa shape index (κ1) is 30.3. The molecule has 0 unspecified atom stereocenters. The van der Waals surface area contributed by atoms with Crippen molar-refractivity contribution >= 4 is 39.9 Å². The number of rotatable bonds is 4. The summed E-state index contributed by atoms with van der Waals surface area (Å²) in [7, 11) is 0. The summed E-state index contributed by atoms with van der Waals surface area (Å²) in [5.41, 5.74) is 5.75. The summed E-state index contributed by atoms with van der Waals surface area (Å²) in [5, 5.41) is 8.51. The van der Waals surface area contributed by atoms with Crippen LogP contribution in [0.1, 0.15) is 87.3 Å². The van der Waals surface area contributed by atoms with Gasteiger partial charge in [0.05, 0.1) is 17.3 Å².